The van der Waals surface area contributed by atoms with Gasteiger partial charge >= 0.3 is 0 Å². The molecule has 0 amide bonds. The second-order valence-electron chi connectivity index (χ2n) is 6.97. The molecule has 0 heterocycles. The van der Waals surface area contributed by atoms with Crippen LogP contribution in [0.5, 0.6) is 11.5 Å². The maximum absolute atomic E-state index is 15.2. The maximum atomic E-state index is 15.2. The van der Waals surface area contributed by atoms with Gasteiger partial charge in [0.25, 0.3) is 0 Å². The number of ketones is 2. The van der Waals surface area contributed by atoms with Gasteiger partial charge in [-0.3, -0.25) is 9.59 Å². The van der Waals surface area contributed by atoms with E-state index in [0.717, 1.165) is 4.90 Å². The number of carbonyl (C=O) groups is 2. The number of benzene rings is 4. The smallest absolute Gasteiger partial charge is 0.198 e. The molecule has 0 unspecified atom stereocenters. The summed E-state index contributed by atoms with van der Waals surface area (Å²) in [6.07, 6.45) is 0. The van der Waals surface area contributed by atoms with Crippen LogP contribution in [0.15, 0.2) is 101 Å². The second-order valence-corrected chi connectivity index (χ2v) is 8.09. The number of fused-ring (bicyclic) bond motifs is 2. The Balaban J connectivity index is 1.74. The standard InChI is InChI=1S/C26H15FO3S/c27-20-15-21(31-17-11-5-2-6-12-17)26(30-16-9-3-1-4-10-16)23-22(20)24(28)18-13-7-8-14-19(18)25(23)29/h1-15H. The first-order valence-corrected chi connectivity index (χ1v) is 10.5. The van der Waals surface area contributed by atoms with Crippen LogP contribution < -0.4 is 4.74 Å². The SMILES string of the molecule is O=C1c2ccccc2C(=O)c2c(Oc3ccccc3)c(Sc3ccccc3)cc(F)c21. The van der Waals surface area contributed by atoms with E-state index in [2.05, 4.69) is 0 Å². The largest absolute Gasteiger partial charge is 0.455 e. The van der Waals surface area contributed by atoms with Crippen molar-refractivity contribution < 1.29 is 18.7 Å². The zero-order valence-corrected chi connectivity index (χ0v) is 17.0. The van der Waals surface area contributed by atoms with Gasteiger partial charge in [0.15, 0.2) is 17.3 Å². The first kappa shape index (κ1) is 19.3. The zero-order valence-electron chi connectivity index (χ0n) is 16.2. The summed E-state index contributed by atoms with van der Waals surface area (Å²) in [4.78, 5) is 27.8. The lowest BCUT2D eigenvalue weighted by Crippen LogP contribution is -2.23. The van der Waals surface area contributed by atoms with Crippen LogP contribution in [0.3, 0.4) is 0 Å². The second kappa shape index (κ2) is 7.85. The van der Waals surface area contributed by atoms with Gasteiger partial charge in [0, 0.05) is 16.0 Å². The normalized spacial score (nSPS) is 12.3. The van der Waals surface area contributed by atoms with Crippen LogP contribution in [0, 0.1) is 5.82 Å². The van der Waals surface area contributed by atoms with Crippen molar-refractivity contribution in [3.63, 3.8) is 0 Å². The number of carbonyl (C=O) groups excluding carboxylic acids is 2. The first-order valence-electron chi connectivity index (χ1n) is 9.64. The minimum atomic E-state index is -0.735. The van der Waals surface area contributed by atoms with Crippen LogP contribution in [0.2, 0.25) is 0 Å². The van der Waals surface area contributed by atoms with E-state index in [9.17, 15) is 9.59 Å². The van der Waals surface area contributed by atoms with E-state index >= 15 is 4.39 Å². The van der Waals surface area contributed by atoms with Crippen LogP contribution in [0.1, 0.15) is 31.8 Å². The van der Waals surface area contributed by atoms with Gasteiger partial charge in [0.1, 0.15) is 11.6 Å². The van der Waals surface area contributed by atoms with E-state index in [1.54, 1.807) is 48.5 Å². The molecule has 0 bridgehead atoms. The molecule has 4 aromatic carbocycles. The first-order chi connectivity index (χ1) is 15.1. The van der Waals surface area contributed by atoms with Gasteiger partial charge in [-0.2, -0.15) is 0 Å². The van der Waals surface area contributed by atoms with Crippen LogP contribution in [0.25, 0.3) is 0 Å². The summed E-state index contributed by atoms with van der Waals surface area (Å²) in [5.41, 5.74) is 0.172. The molecular formula is C26H15FO3S. The quantitative estimate of drug-likeness (QED) is 0.327. The summed E-state index contributed by atoms with van der Waals surface area (Å²) in [6.45, 7) is 0. The Morgan fingerprint density at radius 3 is 1.87 bits per heavy atom. The van der Waals surface area contributed by atoms with Crippen molar-refractivity contribution in [1.82, 2.24) is 0 Å². The molecule has 0 fully saturated rings. The molecule has 1 aliphatic carbocycles. The molecule has 3 nitrogen and oxygen atoms in total. The van der Waals surface area contributed by atoms with Crippen molar-refractivity contribution in [1.29, 1.82) is 0 Å². The van der Waals surface area contributed by atoms with Gasteiger partial charge < -0.3 is 4.74 Å². The average molecular weight is 426 g/mol. The van der Waals surface area contributed by atoms with Crippen molar-refractivity contribution in [2.75, 3.05) is 0 Å². The Bertz CT molecular complexity index is 1320. The van der Waals surface area contributed by atoms with Crippen molar-refractivity contribution >= 4 is 23.3 Å². The van der Waals surface area contributed by atoms with Crippen LogP contribution >= 0.6 is 11.8 Å². The summed E-state index contributed by atoms with van der Waals surface area (Å²) in [5, 5.41) is 0. The Labute approximate surface area is 182 Å². The molecule has 0 aliphatic heterocycles. The van der Waals surface area contributed by atoms with E-state index < -0.39 is 17.4 Å². The van der Waals surface area contributed by atoms with Gasteiger partial charge in [-0.1, -0.05) is 72.4 Å². The molecule has 0 atom stereocenters. The molecule has 150 valence electrons. The molecule has 0 N–H and O–H groups in total. The summed E-state index contributed by atoms with van der Waals surface area (Å²) in [7, 11) is 0. The van der Waals surface area contributed by atoms with Gasteiger partial charge in [0.05, 0.1) is 16.0 Å². The van der Waals surface area contributed by atoms with Gasteiger partial charge in [0.2, 0.25) is 0 Å². The molecule has 4 aromatic rings. The van der Waals surface area contributed by atoms with Crippen LogP contribution in [0.4, 0.5) is 4.39 Å². The van der Waals surface area contributed by atoms with E-state index in [4.69, 9.17) is 4.74 Å². The van der Waals surface area contributed by atoms with Gasteiger partial charge in [-0.15, -0.1) is 0 Å². The summed E-state index contributed by atoms with van der Waals surface area (Å²) in [5.74, 6) is -1.00. The predicted octanol–water partition coefficient (Wildman–Crippen LogP) is 6.54. The Morgan fingerprint density at radius 1 is 0.677 bits per heavy atom. The highest BCUT2D eigenvalue weighted by Gasteiger charge is 2.36. The lowest BCUT2D eigenvalue weighted by atomic mass is 9.83. The van der Waals surface area contributed by atoms with E-state index in [-0.39, 0.29) is 28.0 Å². The highest BCUT2D eigenvalue weighted by molar-refractivity contribution is 7.99. The maximum Gasteiger partial charge on any atom is 0.198 e. The molecule has 1 aliphatic rings. The zero-order chi connectivity index (χ0) is 21.4. The van der Waals surface area contributed by atoms with E-state index in [1.165, 1.54) is 17.8 Å². The number of hydrogen-bond acceptors (Lipinski definition) is 4. The summed E-state index contributed by atoms with van der Waals surface area (Å²) >= 11 is 1.28. The molecule has 0 saturated heterocycles. The summed E-state index contributed by atoms with van der Waals surface area (Å²) in [6, 6.07) is 26.1. The molecule has 5 rings (SSSR count). The number of halogens is 1. The minimum Gasteiger partial charge on any atom is -0.455 e. The van der Waals surface area contributed by atoms with Gasteiger partial charge in [-0.05, 0) is 30.3 Å². The fraction of sp³-hybridized carbons (Fsp3) is 0. The Morgan fingerprint density at radius 2 is 1.23 bits per heavy atom. The van der Waals surface area contributed by atoms with E-state index in [0.29, 0.717) is 10.6 Å². The lowest BCUT2D eigenvalue weighted by molar-refractivity contribution is 0.0973. The van der Waals surface area contributed by atoms with E-state index in [1.807, 2.05) is 36.4 Å². The van der Waals surface area contributed by atoms with Crippen molar-refractivity contribution in [2.24, 2.45) is 0 Å². The van der Waals surface area contributed by atoms with Crippen molar-refractivity contribution in [3.05, 3.63) is 119 Å². The molecule has 0 spiro atoms. The molecule has 31 heavy (non-hydrogen) atoms. The summed E-state index contributed by atoms with van der Waals surface area (Å²) < 4.78 is 21.3. The molecule has 0 radical (unpaired) electrons. The molecule has 0 saturated carbocycles. The third-order valence-electron chi connectivity index (χ3n) is 5.00. The van der Waals surface area contributed by atoms with Crippen molar-refractivity contribution in [2.45, 2.75) is 9.79 Å². The van der Waals surface area contributed by atoms with Crippen molar-refractivity contribution in [3.8, 4) is 11.5 Å². The predicted molar refractivity (Wildman–Crippen MR) is 117 cm³/mol. The fourth-order valence-electron chi connectivity index (χ4n) is 3.60. The third kappa shape index (κ3) is 3.43. The molecule has 5 heteroatoms. The Hall–Kier alpha value is -3.70. The van der Waals surface area contributed by atoms with Crippen LogP contribution in [-0.4, -0.2) is 11.6 Å². The van der Waals surface area contributed by atoms with Crippen LogP contribution in [-0.2, 0) is 0 Å². The van der Waals surface area contributed by atoms with Gasteiger partial charge in [-0.25, -0.2) is 4.39 Å². The minimum absolute atomic E-state index is 0.0361. The topological polar surface area (TPSA) is 43.4 Å². The number of para-hydroxylation sites is 1. The highest BCUT2D eigenvalue weighted by Crippen LogP contribution is 2.45. The lowest BCUT2D eigenvalue weighted by Gasteiger charge is -2.23. The monoisotopic (exact) mass is 426 g/mol. The third-order valence-corrected chi connectivity index (χ3v) is 6.03. The Kier molecular flexibility index (Phi) is 4.88. The number of ether oxygens (including phenoxy) is 1. The average Bonchev–Trinajstić information content (AvgIpc) is 2.80. The molecule has 0 aromatic heterocycles. The number of rotatable bonds is 4. The number of hydrogen-bond donors (Lipinski definition) is 0. The fourth-order valence-corrected chi connectivity index (χ4v) is 4.54. The molecular weight excluding hydrogens is 411 g/mol. The highest BCUT2D eigenvalue weighted by atomic mass is 32.2.